The molecule has 0 aliphatic heterocycles. The minimum atomic E-state index is -0.0729. The second kappa shape index (κ2) is 5.57. The van der Waals surface area contributed by atoms with Crippen molar-refractivity contribution in [3.8, 4) is 0 Å². The van der Waals surface area contributed by atoms with E-state index in [4.69, 9.17) is 0 Å². The van der Waals surface area contributed by atoms with E-state index in [9.17, 15) is 0 Å². The first-order valence-electron chi connectivity index (χ1n) is 6.41. The number of thiophene rings is 1. The summed E-state index contributed by atoms with van der Waals surface area (Å²) in [6.45, 7) is 9.26. The fourth-order valence-electron chi connectivity index (χ4n) is 1.60. The summed E-state index contributed by atoms with van der Waals surface area (Å²) >= 11 is 1.66. The molecule has 0 aromatic carbocycles. The molecule has 0 aliphatic carbocycles. The van der Waals surface area contributed by atoms with Gasteiger partial charge in [-0.1, -0.05) is 20.8 Å². The predicted octanol–water partition coefficient (Wildman–Crippen LogP) is 4.01. The smallest absolute Gasteiger partial charge is 0.138 e. The Hall–Kier alpha value is -1.62. The highest BCUT2D eigenvalue weighted by atomic mass is 32.1. The Morgan fingerprint density at radius 2 is 1.95 bits per heavy atom. The molecule has 0 spiro atoms. The molecule has 0 unspecified atom stereocenters. The monoisotopic (exact) mass is 276 g/mol. The molecule has 0 saturated heterocycles. The van der Waals surface area contributed by atoms with Crippen LogP contribution in [0.1, 0.15) is 33.5 Å². The van der Waals surface area contributed by atoms with Crippen molar-refractivity contribution in [3.05, 3.63) is 28.7 Å². The van der Waals surface area contributed by atoms with E-state index in [0.29, 0.717) is 0 Å². The molecule has 0 atom stereocenters. The Bertz CT molecular complexity index is 529. The van der Waals surface area contributed by atoms with Crippen LogP contribution in [-0.4, -0.2) is 16.5 Å². The molecule has 4 nitrogen and oxygen atoms in total. The molecule has 0 bridgehead atoms. The van der Waals surface area contributed by atoms with Crippen molar-refractivity contribution in [2.24, 2.45) is 0 Å². The second-order valence-corrected chi connectivity index (χ2v) is 6.16. The summed E-state index contributed by atoms with van der Waals surface area (Å²) in [5.74, 6) is 2.53. The quantitative estimate of drug-likeness (QED) is 0.886. The van der Waals surface area contributed by atoms with E-state index in [1.807, 2.05) is 17.5 Å². The second-order valence-electron chi connectivity index (χ2n) is 5.38. The van der Waals surface area contributed by atoms with E-state index in [1.165, 1.54) is 0 Å². The van der Waals surface area contributed by atoms with Crippen molar-refractivity contribution in [1.29, 1.82) is 0 Å². The molecular weight excluding hydrogens is 256 g/mol. The third-order valence-corrected chi connectivity index (χ3v) is 3.23. The lowest BCUT2D eigenvalue weighted by atomic mass is 9.96. The lowest BCUT2D eigenvalue weighted by Gasteiger charge is -2.19. The van der Waals surface area contributed by atoms with E-state index in [0.717, 1.165) is 29.7 Å². The summed E-state index contributed by atoms with van der Waals surface area (Å²) in [7, 11) is 0. The average molecular weight is 276 g/mol. The van der Waals surface area contributed by atoms with Gasteiger partial charge in [0, 0.05) is 23.4 Å². The van der Waals surface area contributed by atoms with Crippen LogP contribution in [0.15, 0.2) is 22.9 Å². The molecule has 102 valence electrons. The van der Waals surface area contributed by atoms with Crippen molar-refractivity contribution in [3.63, 3.8) is 0 Å². The van der Waals surface area contributed by atoms with Gasteiger partial charge < -0.3 is 10.6 Å². The lowest BCUT2D eigenvalue weighted by molar-refractivity contribution is 0.547. The van der Waals surface area contributed by atoms with Gasteiger partial charge in [-0.3, -0.25) is 0 Å². The fraction of sp³-hybridized carbons (Fsp3) is 0.429. The van der Waals surface area contributed by atoms with Crippen LogP contribution < -0.4 is 10.6 Å². The highest BCUT2D eigenvalue weighted by Gasteiger charge is 2.19. The zero-order valence-corrected chi connectivity index (χ0v) is 12.6. The van der Waals surface area contributed by atoms with Gasteiger partial charge in [0.15, 0.2) is 0 Å². The van der Waals surface area contributed by atoms with E-state index >= 15 is 0 Å². The topological polar surface area (TPSA) is 49.8 Å². The number of nitrogens with zero attached hydrogens (tertiary/aromatic N) is 2. The van der Waals surface area contributed by atoms with Gasteiger partial charge in [0.1, 0.15) is 17.5 Å². The molecule has 2 heterocycles. The molecule has 2 aromatic heterocycles. The van der Waals surface area contributed by atoms with Gasteiger partial charge in [-0.05, 0) is 18.4 Å². The van der Waals surface area contributed by atoms with E-state index < -0.39 is 0 Å². The summed E-state index contributed by atoms with van der Waals surface area (Å²) in [4.78, 5) is 9.17. The van der Waals surface area contributed by atoms with Gasteiger partial charge in [-0.25, -0.2) is 9.97 Å². The molecule has 0 amide bonds. The highest BCUT2D eigenvalue weighted by molar-refractivity contribution is 7.08. The maximum atomic E-state index is 4.60. The van der Waals surface area contributed by atoms with Crippen LogP contribution in [0.3, 0.4) is 0 Å². The maximum Gasteiger partial charge on any atom is 0.138 e. The predicted molar refractivity (Wildman–Crippen MR) is 82.5 cm³/mol. The van der Waals surface area contributed by atoms with Crippen molar-refractivity contribution in [2.75, 3.05) is 17.2 Å². The SMILES string of the molecule is CCNc1cc(Nc2ccsc2)nc(C(C)(C)C)n1. The standard InChI is InChI=1S/C14H20N4S/c1-5-15-11-8-12(16-10-6-7-19-9-10)18-13(17-11)14(2,3)4/h6-9H,5H2,1-4H3,(H2,15,16,17,18). The molecule has 5 heteroatoms. The maximum absolute atomic E-state index is 4.60. The van der Waals surface area contributed by atoms with E-state index in [2.05, 4.69) is 53.7 Å². The molecule has 2 N–H and O–H groups in total. The van der Waals surface area contributed by atoms with Crippen LogP contribution in [-0.2, 0) is 5.41 Å². The summed E-state index contributed by atoms with van der Waals surface area (Å²) in [6, 6.07) is 3.98. The number of nitrogens with one attached hydrogen (secondary N) is 2. The zero-order chi connectivity index (χ0) is 13.9. The summed E-state index contributed by atoms with van der Waals surface area (Å²) in [5, 5.41) is 10.7. The molecule has 0 aliphatic rings. The van der Waals surface area contributed by atoms with Crippen molar-refractivity contribution in [2.45, 2.75) is 33.1 Å². The van der Waals surface area contributed by atoms with Gasteiger partial charge in [-0.15, -0.1) is 0 Å². The van der Waals surface area contributed by atoms with Crippen LogP contribution in [0.25, 0.3) is 0 Å². The third kappa shape index (κ3) is 3.67. The van der Waals surface area contributed by atoms with Gasteiger partial charge in [0.05, 0.1) is 5.69 Å². The molecule has 0 fully saturated rings. The number of anilines is 3. The van der Waals surface area contributed by atoms with Crippen LogP contribution in [0.2, 0.25) is 0 Å². The van der Waals surface area contributed by atoms with Crippen LogP contribution in [0.4, 0.5) is 17.3 Å². The summed E-state index contributed by atoms with van der Waals surface area (Å²) in [6.07, 6.45) is 0. The Kier molecular flexibility index (Phi) is 4.04. The van der Waals surface area contributed by atoms with E-state index in [-0.39, 0.29) is 5.41 Å². The average Bonchev–Trinajstić information content (AvgIpc) is 2.81. The van der Waals surface area contributed by atoms with Crippen LogP contribution >= 0.6 is 11.3 Å². The van der Waals surface area contributed by atoms with Gasteiger partial charge in [0.25, 0.3) is 0 Å². The molecule has 0 saturated carbocycles. The summed E-state index contributed by atoms with van der Waals surface area (Å²) < 4.78 is 0. The molecule has 0 radical (unpaired) electrons. The highest BCUT2D eigenvalue weighted by Crippen LogP contribution is 2.24. The Balaban J connectivity index is 2.34. The Morgan fingerprint density at radius 1 is 1.21 bits per heavy atom. The molecule has 2 rings (SSSR count). The summed E-state index contributed by atoms with van der Waals surface area (Å²) in [5.41, 5.74) is 0.988. The number of rotatable bonds is 4. The van der Waals surface area contributed by atoms with Gasteiger partial charge in [0.2, 0.25) is 0 Å². The molecule has 2 aromatic rings. The Labute approximate surface area is 118 Å². The first-order valence-corrected chi connectivity index (χ1v) is 7.36. The van der Waals surface area contributed by atoms with Gasteiger partial charge >= 0.3 is 0 Å². The Morgan fingerprint density at radius 3 is 2.53 bits per heavy atom. The lowest BCUT2D eigenvalue weighted by Crippen LogP contribution is -2.18. The van der Waals surface area contributed by atoms with Crippen molar-refractivity contribution >= 4 is 28.7 Å². The minimum absolute atomic E-state index is 0.0729. The first-order chi connectivity index (χ1) is 8.99. The van der Waals surface area contributed by atoms with Crippen LogP contribution in [0.5, 0.6) is 0 Å². The fourth-order valence-corrected chi connectivity index (χ4v) is 2.19. The van der Waals surface area contributed by atoms with Crippen molar-refractivity contribution in [1.82, 2.24) is 9.97 Å². The zero-order valence-electron chi connectivity index (χ0n) is 11.8. The largest absolute Gasteiger partial charge is 0.370 e. The number of hydrogen-bond acceptors (Lipinski definition) is 5. The normalized spacial score (nSPS) is 11.4. The van der Waals surface area contributed by atoms with Gasteiger partial charge in [-0.2, -0.15) is 11.3 Å². The third-order valence-electron chi connectivity index (χ3n) is 2.55. The van der Waals surface area contributed by atoms with Crippen molar-refractivity contribution < 1.29 is 0 Å². The molecule has 19 heavy (non-hydrogen) atoms. The van der Waals surface area contributed by atoms with E-state index in [1.54, 1.807) is 11.3 Å². The first kappa shape index (κ1) is 13.8. The minimum Gasteiger partial charge on any atom is -0.370 e. The number of aromatic nitrogens is 2. The number of hydrogen-bond donors (Lipinski definition) is 2. The van der Waals surface area contributed by atoms with Crippen LogP contribution in [0, 0.1) is 0 Å². The molecular formula is C14H20N4S.